The zero-order valence-electron chi connectivity index (χ0n) is 4.60. The maximum atomic E-state index is 9.82. The molecule has 48 valence electrons. The smallest absolute Gasteiger partial charge is 0.137 e. The van der Waals surface area contributed by atoms with Gasteiger partial charge in [-0.3, -0.25) is 0 Å². The number of nitrogens with zero attached hydrogens (tertiary/aromatic N) is 3. The standard InChI is InChI=1S/C4H5N3OS/c8-9-2-1-7-4-5-3-6-7/h2-4H,1H2. The Morgan fingerprint density at radius 2 is 2.67 bits per heavy atom. The summed E-state index contributed by atoms with van der Waals surface area (Å²) in [5.74, 6) is 0. The normalized spacial score (nSPS) is 8.89. The fourth-order valence-corrected chi connectivity index (χ4v) is 0.647. The van der Waals surface area contributed by atoms with Crippen molar-refractivity contribution in [2.24, 2.45) is 0 Å². The number of hydrogen-bond acceptors (Lipinski definition) is 3. The van der Waals surface area contributed by atoms with Crippen LogP contribution >= 0.6 is 0 Å². The van der Waals surface area contributed by atoms with Gasteiger partial charge in [-0.1, -0.05) is 0 Å². The van der Waals surface area contributed by atoms with Gasteiger partial charge in [0.05, 0.1) is 17.8 Å². The molecule has 1 heterocycles. The summed E-state index contributed by atoms with van der Waals surface area (Å²) < 4.78 is 11.4. The summed E-state index contributed by atoms with van der Waals surface area (Å²) in [7, 11) is 0. The molecule has 1 rings (SSSR count). The van der Waals surface area contributed by atoms with Crippen LogP contribution in [0.15, 0.2) is 12.7 Å². The summed E-state index contributed by atoms with van der Waals surface area (Å²) in [4.78, 5) is 3.70. The van der Waals surface area contributed by atoms with Gasteiger partial charge in [-0.2, -0.15) is 5.10 Å². The van der Waals surface area contributed by atoms with Gasteiger partial charge in [-0.05, 0) is 0 Å². The van der Waals surface area contributed by atoms with Crippen LogP contribution in [0.25, 0.3) is 0 Å². The van der Waals surface area contributed by atoms with Crippen molar-refractivity contribution in [2.75, 3.05) is 0 Å². The molecule has 0 N–H and O–H groups in total. The van der Waals surface area contributed by atoms with Crippen molar-refractivity contribution in [3.05, 3.63) is 12.7 Å². The second kappa shape index (κ2) is 3.13. The van der Waals surface area contributed by atoms with Crippen LogP contribution in [0.2, 0.25) is 0 Å². The van der Waals surface area contributed by atoms with E-state index in [0.717, 1.165) is 0 Å². The fraction of sp³-hybridized carbons (Fsp3) is 0.250. The van der Waals surface area contributed by atoms with Crippen molar-refractivity contribution in [1.82, 2.24) is 14.8 Å². The first-order valence-electron chi connectivity index (χ1n) is 2.36. The second-order valence-corrected chi connectivity index (χ2v) is 1.91. The van der Waals surface area contributed by atoms with Gasteiger partial charge in [-0.25, -0.2) is 13.9 Å². The summed E-state index contributed by atoms with van der Waals surface area (Å²) in [6.07, 6.45) is 3.00. The van der Waals surface area contributed by atoms with Crippen LogP contribution in [0.3, 0.4) is 0 Å². The van der Waals surface area contributed by atoms with E-state index in [1.165, 1.54) is 11.7 Å². The first kappa shape index (κ1) is 6.15. The molecule has 0 bridgehead atoms. The van der Waals surface area contributed by atoms with Gasteiger partial charge >= 0.3 is 0 Å². The molecule has 0 amide bonds. The van der Waals surface area contributed by atoms with Crippen molar-refractivity contribution in [3.63, 3.8) is 0 Å². The highest BCUT2D eigenvalue weighted by Crippen LogP contribution is 1.73. The van der Waals surface area contributed by atoms with E-state index < -0.39 is 0 Å². The predicted molar refractivity (Wildman–Crippen MR) is 34.2 cm³/mol. The molecule has 9 heavy (non-hydrogen) atoms. The summed E-state index contributed by atoms with van der Waals surface area (Å²) >= 11 is 0.436. The Hall–Kier alpha value is -0.970. The van der Waals surface area contributed by atoms with E-state index in [1.54, 1.807) is 11.0 Å². The molecular weight excluding hydrogens is 138 g/mol. The summed E-state index contributed by atoms with van der Waals surface area (Å²) in [6, 6.07) is 0. The van der Waals surface area contributed by atoms with Crippen LogP contribution in [-0.4, -0.2) is 24.3 Å². The lowest BCUT2D eigenvalue weighted by Gasteiger charge is -1.86. The molecule has 0 radical (unpaired) electrons. The first-order valence-corrected chi connectivity index (χ1v) is 3.16. The zero-order chi connectivity index (χ0) is 6.53. The van der Waals surface area contributed by atoms with Crippen LogP contribution in [0.1, 0.15) is 0 Å². The van der Waals surface area contributed by atoms with Gasteiger partial charge in [0.2, 0.25) is 0 Å². The second-order valence-electron chi connectivity index (χ2n) is 1.38. The maximum absolute atomic E-state index is 9.82. The van der Waals surface area contributed by atoms with Crippen LogP contribution in [0, 0.1) is 0 Å². The van der Waals surface area contributed by atoms with Gasteiger partial charge in [0.1, 0.15) is 12.7 Å². The third-order valence-corrected chi connectivity index (χ3v) is 1.08. The molecule has 0 aliphatic heterocycles. The summed E-state index contributed by atoms with van der Waals surface area (Å²) in [5, 5.41) is 5.28. The van der Waals surface area contributed by atoms with Crippen molar-refractivity contribution >= 4 is 16.6 Å². The lowest BCUT2D eigenvalue weighted by molar-refractivity contribution is 0.699. The van der Waals surface area contributed by atoms with Crippen LogP contribution in [-0.2, 0) is 17.8 Å². The third-order valence-electron chi connectivity index (χ3n) is 0.796. The Morgan fingerprint density at radius 3 is 3.22 bits per heavy atom. The number of hydrogen-bond donors (Lipinski definition) is 0. The highest BCUT2D eigenvalue weighted by molar-refractivity contribution is 7.64. The lowest BCUT2D eigenvalue weighted by atomic mass is 10.8. The molecule has 0 saturated heterocycles. The lowest BCUT2D eigenvalue weighted by Crippen LogP contribution is -1.98. The molecule has 0 atom stereocenters. The molecule has 0 aliphatic carbocycles. The van der Waals surface area contributed by atoms with Crippen molar-refractivity contribution in [2.45, 2.75) is 6.54 Å². The van der Waals surface area contributed by atoms with Gasteiger partial charge in [0.25, 0.3) is 0 Å². The molecule has 0 aromatic carbocycles. The largest absolute Gasteiger partial charge is 0.248 e. The van der Waals surface area contributed by atoms with Crippen molar-refractivity contribution in [1.29, 1.82) is 0 Å². The molecule has 0 saturated carbocycles. The predicted octanol–water partition coefficient (Wildman–Crippen LogP) is -0.707. The molecule has 0 unspecified atom stereocenters. The minimum Gasteiger partial charge on any atom is -0.248 e. The van der Waals surface area contributed by atoms with Crippen LogP contribution in [0.4, 0.5) is 0 Å². The molecule has 0 fully saturated rings. The van der Waals surface area contributed by atoms with Crippen molar-refractivity contribution < 1.29 is 4.21 Å². The quantitative estimate of drug-likeness (QED) is 0.514. The van der Waals surface area contributed by atoms with E-state index in [2.05, 4.69) is 10.1 Å². The number of aromatic nitrogens is 3. The van der Waals surface area contributed by atoms with Crippen LogP contribution in [0.5, 0.6) is 0 Å². The molecule has 0 aliphatic rings. The Morgan fingerprint density at radius 1 is 1.78 bits per heavy atom. The summed E-state index contributed by atoms with van der Waals surface area (Å²) in [5.41, 5.74) is 0. The average molecular weight is 143 g/mol. The van der Waals surface area contributed by atoms with E-state index >= 15 is 0 Å². The van der Waals surface area contributed by atoms with Crippen LogP contribution < -0.4 is 0 Å². The van der Waals surface area contributed by atoms with E-state index in [9.17, 15) is 4.21 Å². The van der Waals surface area contributed by atoms with Gasteiger partial charge in [0, 0.05) is 5.37 Å². The Labute approximate surface area is 55.6 Å². The minimum absolute atomic E-state index is 0.436. The third kappa shape index (κ3) is 1.77. The highest BCUT2D eigenvalue weighted by Gasteiger charge is 1.82. The topological polar surface area (TPSA) is 47.8 Å². The van der Waals surface area contributed by atoms with E-state index in [1.807, 2.05) is 0 Å². The summed E-state index contributed by atoms with van der Waals surface area (Å²) in [6.45, 7) is 0.522. The van der Waals surface area contributed by atoms with Gasteiger partial charge < -0.3 is 0 Å². The molecule has 1 aromatic rings. The first-order chi connectivity index (χ1) is 4.43. The molecular formula is C4H5N3OS. The van der Waals surface area contributed by atoms with Gasteiger partial charge in [0.15, 0.2) is 0 Å². The monoisotopic (exact) mass is 143 g/mol. The zero-order valence-corrected chi connectivity index (χ0v) is 5.41. The average Bonchev–Trinajstić information content (AvgIpc) is 2.34. The Balaban J connectivity index is 2.57. The van der Waals surface area contributed by atoms with Gasteiger partial charge in [-0.15, -0.1) is 0 Å². The number of rotatable bonds is 2. The Bertz CT molecular complexity index is 214. The fourth-order valence-electron chi connectivity index (χ4n) is 0.434. The highest BCUT2D eigenvalue weighted by atomic mass is 32.1. The molecule has 1 aromatic heterocycles. The SMILES string of the molecule is O=S=CCn1cncn1. The Kier molecular flexibility index (Phi) is 2.14. The van der Waals surface area contributed by atoms with Crippen molar-refractivity contribution in [3.8, 4) is 0 Å². The molecule has 4 nitrogen and oxygen atoms in total. The molecule has 5 heteroatoms. The van der Waals surface area contributed by atoms with E-state index in [-0.39, 0.29) is 0 Å². The maximum Gasteiger partial charge on any atom is 0.137 e. The minimum atomic E-state index is 0.436. The molecule has 0 spiro atoms. The van der Waals surface area contributed by atoms with E-state index in [4.69, 9.17) is 0 Å². The van der Waals surface area contributed by atoms with E-state index in [0.29, 0.717) is 17.8 Å².